The van der Waals surface area contributed by atoms with Gasteiger partial charge >= 0.3 is 11.9 Å². The van der Waals surface area contributed by atoms with E-state index in [0.29, 0.717) is 17.8 Å². The SMILES string of the molecule is COC(=O)C1=CC(C2OCCS2)=C(C(C)(C)C(=O)OC)C(=O)C1. The molecule has 2 aliphatic rings. The molecule has 0 aromatic heterocycles. The van der Waals surface area contributed by atoms with Crippen molar-refractivity contribution in [3.63, 3.8) is 0 Å². The third kappa shape index (κ3) is 3.35. The second-order valence-corrected chi connectivity index (χ2v) is 6.95. The lowest BCUT2D eigenvalue weighted by Gasteiger charge is -2.30. The van der Waals surface area contributed by atoms with Crippen molar-refractivity contribution >= 4 is 29.5 Å². The van der Waals surface area contributed by atoms with Crippen LogP contribution in [0.25, 0.3) is 0 Å². The van der Waals surface area contributed by atoms with E-state index < -0.39 is 17.4 Å². The van der Waals surface area contributed by atoms with Gasteiger partial charge in [0.05, 0.1) is 26.2 Å². The van der Waals surface area contributed by atoms with Crippen molar-refractivity contribution in [1.82, 2.24) is 0 Å². The van der Waals surface area contributed by atoms with E-state index in [4.69, 9.17) is 14.2 Å². The van der Waals surface area contributed by atoms with E-state index in [1.54, 1.807) is 19.9 Å². The van der Waals surface area contributed by atoms with Crippen LogP contribution < -0.4 is 0 Å². The van der Waals surface area contributed by atoms with Crippen molar-refractivity contribution in [2.24, 2.45) is 5.41 Å². The Balaban J connectivity index is 2.58. The van der Waals surface area contributed by atoms with Gasteiger partial charge in [-0.1, -0.05) is 0 Å². The molecule has 1 aliphatic carbocycles. The number of Topliss-reactive ketones (excluding diaryl/α,β-unsaturated/α-hetero) is 1. The van der Waals surface area contributed by atoms with Crippen LogP contribution in [-0.2, 0) is 28.6 Å². The number of carbonyl (C=O) groups is 3. The average molecular weight is 340 g/mol. The lowest BCUT2D eigenvalue weighted by Crippen LogP contribution is -2.36. The Morgan fingerprint density at radius 2 is 2.00 bits per heavy atom. The molecule has 7 heteroatoms. The van der Waals surface area contributed by atoms with Crippen LogP contribution in [0.4, 0.5) is 0 Å². The zero-order chi connectivity index (χ0) is 17.2. The molecule has 2 rings (SSSR count). The molecule has 23 heavy (non-hydrogen) atoms. The van der Waals surface area contributed by atoms with Gasteiger partial charge in [0.2, 0.25) is 0 Å². The molecule has 0 N–H and O–H groups in total. The van der Waals surface area contributed by atoms with Gasteiger partial charge in [-0.2, -0.15) is 0 Å². The van der Waals surface area contributed by atoms with Crippen LogP contribution in [0, 0.1) is 5.41 Å². The Bertz CT molecular complexity index is 596. The van der Waals surface area contributed by atoms with Crippen LogP contribution in [0.15, 0.2) is 22.8 Å². The highest BCUT2D eigenvalue weighted by Crippen LogP contribution is 2.41. The lowest BCUT2D eigenvalue weighted by atomic mass is 9.75. The molecule has 0 saturated carbocycles. The number of carbonyl (C=O) groups excluding carboxylic acids is 3. The third-order valence-corrected chi connectivity index (χ3v) is 4.99. The molecule has 126 valence electrons. The zero-order valence-electron chi connectivity index (χ0n) is 13.6. The van der Waals surface area contributed by atoms with Crippen LogP contribution in [0.5, 0.6) is 0 Å². The third-order valence-electron chi connectivity index (χ3n) is 3.89. The molecule has 0 bridgehead atoms. The molecule has 0 amide bonds. The summed E-state index contributed by atoms with van der Waals surface area (Å²) >= 11 is 1.53. The minimum absolute atomic E-state index is 0.0939. The molecule has 1 unspecified atom stereocenters. The number of rotatable bonds is 4. The molecule has 1 saturated heterocycles. The normalized spacial score (nSPS) is 22.0. The van der Waals surface area contributed by atoms with E-state index in [1.165, 1.54) is 26.0 Å². The van der Waals surface area contributed by atoms with E-state index in [9.17, 15) is 14.4 Å². The van der Waals surface area contributed by atoms with Crippen LogP contribution in [0.1, 0.15) is 20.3 Å². The maximum atomic E-state index is 12.7. The highest BCUT2D eigenvalue weighted by Gasteiger charge is 2.43. The first-order chi connectivity index (χ1) is 10.8. The largest absolute Gasteiger partial charge is 0.468 e. The number of hydrogen-bond donors (Lipinski definition) is 0. The highest BCUT2D eigenvalue weighted by atomic mass is 32.2. The summed E-state index contributed by atoms with van der Waals surface area (Å²) in [5.41, 5.74) is -0.326. The molecular formula is C16H20O6S. The Kier molecular flexibility index (Phi) is 5.31. The number of ketones is 1. The van der Waals surface area contributed by atoms with Crippen LogP contribution >= 0.6 is 11.8 Å². The number of methoxy groups -OCH3 is 2. The molecule has 6 nitrogen and oxygen atoms in total. The second kappa shape index (κ2) is 6.88. The van der Waals surface area contributed by atoms with Gasteiger partial charge in [0, 0.05) is 23.3 Å². The van der Waals surface area contributed by atoms with Gasteiger partial charge in [-0.15, -0.1) is 11.8 Å². The molecule has 1 heterocycles. The molecule has 0 aromatic carbocycles. The average Bonchev–Trinajstić information content (AvgIpc) is 3.06. The molecule has 1 fully saturated rings. The predicted molar refractivity (Wildman–Crippen MR) is 84.7 cm³/mol. The fourth-order valence-electron chi connectivity index (χ4n) is 2.79. The van der Waals surface area contributed by atoms with Crippen molar-refractivity contribution in [1.29, 1.82) is 0 Å². The molecule has 1 aliphatic heterocycles. The molecule has 0 spiro atoms. The summed E-state index contributed by atoms with van der Waals surface area (Å²) in [6, 6.07) is 0. The Morgan fingerprint density at radius 3 is 2.52 bits per heavy atom. The maximum absolute atomic E-state index is 12.7. The number of esters is 2. The fourth-order valence-corrected chi connectivity index (χ4v) is 3.75. The van der Waals surface area contributed by atoms with Gasteiger partial charge in [-0.3, -0.25) is 9.59 Å². The van der Waals surface area contributed by atoms with E-state index >= 15 is 0 Å². The zero-order valence-corrected chi connectivity index (χ0v) is 14.5. The number of thioether (sulfide) groups is 1. The number of hydrogen-bond acceptors (Lipinski definition) is 7. The van der Waals surface area contributed by atoms with Crippen molar-refractivity contribution in [2.45, 2.75) is 25.7 Å². The monoisotopic (exact) mass is 340 g/mol. The fraction of sp³-hybridized carbons (Fsp3) is 0.562. The van der Waals surface area contributed by atoms with Gasteiger partial charge in [-0.05, 0) is 25.5 Å². The smallest absolute Gasteiger partial charge is 0.334 e. The Hall–Kier alpha value is -1.60. The Labute approximate surface area is 139 Å². The van der Waals surface area contributed by atoms with Crippen LogP contribution in [0.3, 0.4) is 0 Å². The van der Waals surface area contributed by atoms with Crippen LogP contribution in [-0.4, -0.2) is 49.7 Å². The minimum atomic E-state index is -1.12. The summed E-state index contributed by atoms with van der Waals surface area (Å²) in [5, 5.41) is 0. The summed E-state index contributed by atoms with van der Waals surface area (Å²) in [6.07, 6.45) is 1.53. The first-order valence-corrected chi connectivity index (χ1v) is 8.26. The Morgan fingerprint density at radius 1 is 1.30 bits per heavy atom. The van der Waals surface area contributed by atoms with Crippen molar-refractivity contribution in [2.75, 3.05) is 26.6 Å². The summed E-state index contributed by atoms with van der Waals surface area (Å²) in [7, 11) is 2.56. The second-order valence-electron chi connectivity index (χ2n) is 5.78. The van der Waals surface area contributed by atoms with E-state index in [0.717, 1.165) is 5.75 Å². The number of ether oxygens (including phenoxy) is 3. The lowest BCUT2D eigenvalue weighted by molar-refractivity contribution is -0.149. The van der Waals surface area contributed by atoms with Gasteiger partial charge in [0.1, 0.15) is 5.44 Å². The van der Waals surface area contributed by atoms with Gasteiger partial charge < -0.3 is 14.2 Å². The summed E-state index contributed by atoms with van der Waals surface area (Å²) < 4.78 is 15.2. The topological polar surface area (TPSA) is 78.9 Å². The van der Waals surface area contributed by atoms with E-state index in [1.807, 2.05) is 0 Å². The minimum Gasteiger partial charge on any atom is -0.468 e. The van der Waals surface area contributed by atoms with E-state index in [-0.39, 0.29) is 23.2 Å². The first kappa shape index (κ1) is 17.7. The standard InChI is InChI=1S/C16H20O6S/c1-16(2,15(19)21-4)12-10(14-22-5-6-23-14)7-9(8-11(12)17)13(18)20-3/h7,14H,5-6,8H2,1-4H3. The summed E-state index contributed by atoms with van der Waals surface area (Å²) in [6.45, 7) is 3.84. The quantitative estimate of drug-likeness (QED) is 0.720. The summed E-state index contributed by atoms with van der Waals surface area (Å²) in [5.74, 6) is -0.546. The maximum Gasteiger partial charge on any atom is 0.334 e. The predicted octanol–water partition coefficient (Wildman–Crippen LogP) is 1.64. The highest BCUT2D eigenvalue weighted by molar-refractivity contribution is 8.00. The molecule has 1 atom stereocenters. The van der Waals surface area contributed by atoms with Crippen molar-refractivity contribution < 1.29 is 28.6 Å². The summed E-state index contributed by atoms with van der Waals surface area (Å²) in [4.78, 5) is 36.6. The van der Waals surface area contributed by atoms with Crippen LogP contribution in [0.2, 0.25) is 0 Å². The van der Waals surface area contributed by atoms with Crippen molar-refractivity contribution in [3.8, 4) is 0 Å². The van der Waals surface area contributed by atoms with E-state index in [2.05, 4.69) is 0 Å². The molecule has 0 aromatic rings. The first-order valence-electron chi connectivity index (χ1n) is 7.21. The van der Waals surface area contributed by atoms with Gasteiger partial charge in [0.15, 0.2) is 5.78 Å². The molecule has 0 radical (unpaired) electrons. The van der Waals surface area contributed by atoms with Gasteiger partial charge in [-0.25, -0.2) is 4.79 Å². The van der Waals surface area contributed by atoms with Crippen molar-refractivity contribution in [3.05, 3.63) is 22.8 Å². The van der Waals surface area contributed by atoms with Gasteiger partial charge in [0.25, 0.3) is 0 Å². The molecular weight excluding hydrogens is 320 g/mol.